The van der Waals surface area contributed by atoms with E-state index in [1.54, 1.807) is 12.1 Å². The van der Waals surface area contributed by atoms with Crippen LogP contribution in [-0.2, 0) is 11.2 Å². The van der Waals surface area contributed by atoms with E-state index in [-0.39, 0.29) is 30.0 Å². The number of aromatic hydroxyl groups is 1. The molecule has 0 heterocycles. The molecule has 1 aliphatic rings. The molecule has 1 saturated carbocycles. The first kappa shape index (κ1) is 17.8. The van der Waals surface area contributed by atoms with Crippen molar-refractivity contribution < 1.29 is 9.90 Å². The van der Waals surface area contributed by atoms with Crippen molar-refractivity contribution in [3.63, 3.8) is 0 Å². The molecule has 118 valence electrons. The highest BCUT2D eigenvalue weighted by atomic mass is 35.5. The summed E-state index contributed by atoms with van der Waals surface area (Å²) in [4.78, 5) is 12.1. The van der Waals surface area contributed by atoms with E-state index in [0.29, 0.717) is 12.5 Å². The fourth-order valence-electron chi connectivity index (χ4n) is 2.80. The average Bonchev–Trinajstić information content (AvgIpc) is 2.49. The van der Waals surface area contributed by atoms with Crippen LogP contribution in [0.4, 0.5) is 0 Å². The Bertz CT molecular complexity index is 428. The third-order valence-electron chi connectivity index (χ3n) is 4.20. The molecule has 4 nitrogen and oxygen atoms in total. The van der Waals surface area contributed by atoms with Crippen molar-refractivity contribution in [1.82, 2.24) is 5.32 Å². The number of nitrogens with one attached hydrogen (secondary N) is 1. The predicted molar refractivity (Wildman–Crippen MR) is 86.6 cm³/mol. The zero-order chi connectivity index (χ0) is 14.4. The van der Waals surface area contributed by atoms with E-state index in [0.717, 1.165) is 44.2 Å². The molecule has 0 atom stereocenters. The Balaban J connectivity index is 0.00000220. The van der Waals surface area contributed by atoms with Crippen molar-refractivity contribution in [2.45, 2.75) is 32.1 Å². The maximum Gasteiger partial charge on any atom is 0.223 e. The summed E-state index contributed by atoms with van der Waals surface area (Å²) >= 11 is 0. The molecular formula is C16H25ClN2O2. The third kappa shape index (κ3) is 5.56. The zero-order valence-electron chi connectivity index (χ0n) is 12.3. The Labute approximate surface area is 132 Å². The van der Waals surface area contributed by atoms with Gasteiger partial charge in [-0.25, -0.2) is 0 Å². The van der Waals surface area contributed by atoms with Crippen LogP contribution in [0.1, 0.15) is 31.2 Å². The molecule has 0 spiro atoms. The van der Waals surface area contributed by atoms with E-state index in [1.807, 2.05) is 12.1 Å². The Hall–Kier alpha value is -1.26. The third-order valence-corrected chi connectivity index (χ3v) is 4.20. The molecule has 0 radical (unpaired) electrons. The van der Waals surface area contributed by atoms with Gasteiger partial charge >= 0.3 is 0 Å². The molecule has 21 heavy (non-hydrogen) atoms. The number of carbonyl (C=O) groups is 1. The van der Waals surface area contributed by atoms with Crippen molar-refractivity contribution in [1.29, 1.82) is 0 Å². The van der Waals surface area contributed by atoms with E-state index in [2.05, 4.69) is 5.32 Å². The van der Waals surface area contributed by atoms with E-state index in [9.17, 15) is 9.90 Å². The molecular weight excluding hydrogens is 288 g/mol. The van der Waals surface area contributed by atoms with Gasteiger partial charge in [0.05, 0.1) is 0 Å². The molecule has 2 rings (SSSR count). The zero-order valence-corrected chi connectivity index (χ0v) is 13.1. The van der Waals surface area contributed by atoms with Gasteiger partial charge in [-0.3, -0.25) is 4.79 Å². The lowest BCUT2D eigenvalue weighted by Crippen LogP contribution is -2.35. The monoisotopic (exact) mass is 312 g/mol. The number of nitrogens with two attached hydrogens (primary N) is 1. The number of amides is 1. The average molecular weight is 313 g/mol. The van der Waals surface area contributed by atoms with Crippen LogP contribution in [0.15, 0.2) is 24.3 Å². The first-order valence-corrected chi connectivity index (χ1v) is 7.44. The number of benzene rings is 1. The molecule has 0 aliphatic heterocycles. The lowest BCUT2D eigenvalue weighted by molar-refractivity contribution is -0.126. The van der Waals surface area contributed by atoms with E-state index in [1.165, 1.54) is 0 Å². The standard InChI is InChI=1S/C16H24N2O2.ClH/c17-11-13-1-5-14(6-2-13)16(20)18-10-9-12-3-7-15(19)8-4-12;/h3-4,7-8,13-14,19H,1-2,5-6,9-11,17H2,(H,18,20);1H. The second-order valence-electron chi connectivity index (χ2n) is 5.66. The van der Waals surface area contributed by atoms with Gasteiger partial charge in [-0.1, -0.05) is 12.1 Å². The molecule has 0 bridgehead atoms. The highest BCUT2D eigenvalue weighted by Crippen LogP contribution is 2.28. The molecule has 0 saturated heterocycles. The smallest absolute Gasteiger partial charge is 0.223 e. The van der Waals surface area contributed by atoms with E-state index >= 15 is 0 Å². The normalized spacial score (nSPS) is 21.4. The van der Waals surface area contributed by atoms with Gasteiger partial charge in [-0.05, 0) is 62.3 Å². The minimum absolute atomic E-state index is 0. The maximum absolute atomic E-state index is 12.1. The molecule has 1 amide bonds. The van der Waals surface area contributed by atoms with Crippen LogP contribution in [0.25, 0.3) is 0 Å². The number of rotatable bonds is 5. The maximum atomic E-state index is 12.1. The number of hydrogen-bond donors (Lipinski definition) is 3. The van der Waals surface area contributed by atoms with Crippen LogP contribution >= 0.6 is 12.4 Å². The number of hydrogen-bond acceptors (Lipinski definition) is 3. The first-order valence-electron chi connectivity index (χ1n) is 7.44. The highest BCUT2D eigenvalue weighted by Gasteiger charge is 2.25. The number of phenolic OH excluding ortho intramolecular Hbond substituents is 1. The van der Waals surface area contributed by atoms with Crippen LogP contribution < -0.4 is 11.1 Å². The molecule has 0 aromatic heterocycles. The van der Waals surface area contributed by atoms with Crippen molar-refractivity contribution in [3.05, 3.63) is 29.8 Å². The first-order chi connectivity index (χ1) is 9.69. The summed E-state index contributed by atoms with van der Waals surface area (Å²) in [5.41, 5.74) is 6.78. The number of halogens is 1. The summed E-state index contributed by atoms with van der Waals surface area (Å²) in [6.07, 6.45) is 4.88. The summed E-state index contributed by atoms with van der Waals surface area (Å²) in [6, 6.07) is 7.11. The van der Waals surface area contributed by atoms with Crippen molar-refractivity contribution in [2.24, 2.45) is 17.6 Å². The van der Waals surface area contributed by atoms with Crippen LogP contribution in [0.5, 0.6) is 5.75 Å². The minimum Gasteiger partial charge on any atom is -0.508 e. The summed E-state index contributed by atoms with van der Waals surface area (Å²) in [5.74, 6) is 1.22. The quantitative estimate of drug-likeness (QED) is 0.780. The largest absolute Gasteiger partial charge is 0.508 e. The summed E-state index contributed by atoms with van der Waals surface area (Å²) < 4.78 is 0. The number of carbonyl (C=O) groups excluding carboxylic acids is 1. The second-order valence-corrected chi connectivity index (χ2v) is 5.66. The van der Waals surface area contributed by atoms with Crippen LogP contribution in [-0.4, -0.2) is 24.1 Å². The van der Waals surface area contributed by atoms with Gasteiger partial charge in [-0.2, -0.15) is 0 Å². The summed E-state index contributed by atoms with van der Waals surface area (Å²) in [5, 5.41) is 12.2. The fraction of sp³-hybridized carbons (Fsp3) is 0.562. The summed E-state index contributed by atoms with van der Waals surface area (Å²) in [6.45, 7) is 1.40. The topological polar surface area (TPSA) is 75.4 Å². The summed E-state index contributed by atoms with van der Waals surface area (Å²) in [7, 11) is 0. The van der Waals surface area contributed by atoms with Gasteiger partial charge in [0.25, 0.3) is 0 Å². The van der Waals surface area contributed by atoms with E-state index in [4.69, 9.17) is 5.73 Å². The lowest BCUT2D eigenvalue weighted by atomic mass is 9.81. The Morgan fingerprint density at radius 1 is 1.19 bits per heavy atom. The van der Waals surface area contributed by atoms with Crippen molar-refractivity contribution in [3.8, 4) is 5.75 Å². The number of phenols is 1. The van der Waals surface area contributed by atoms with Gasteiger partial charge in [-0.15, -0.1) is 12.4 Å². The van der Waals surface area contributed by atoms with Crippen LogP contribution in [0.2, 0.25) is 0 Å². The Morgan fingerprint density at radius 2 is 1.81 bits per heavy atom. The molecule has 0 unspecified atom stereocenters. The molecule has 1 aliphatic carbocycles. The van der Waals surface area contributed by atoms with Gasteiger partial charge in [0.1, 0.15) is 5.75 Å². The van der Waals surface area contributed by atoms with Gasteiger partial charge in [0.15, 0.2) is 0 Å². The predicted octanol–water partition coefficient (Wildman–Crippen LogP) is 2.24. The molecule has 5 heteroatoms. The highest BCUT2D eigenvalue weighted by molar-refractivity contribution is 5.85. The van der Waals surface area contributed by atoms with Gasteiger partial charge < -0.3 is 16.2 Å². The van der Waals surface area contributed by atoms with Gasteiger partial charge in [0.2, 0.25) is 5.91 Å². The Kier molecular flexibility index (Phi) is 7.54. The van der Waals surface area contributed by atoms with Crippen molar-refractivity contribution in [2.75, 3.05) is 13.1 Å². The van der Waals surface area contributed by atoms with Crippen LogP contribution in [0.3, 0.4) is 0 Å². The van der Waals surface area contributed by atoms with E-state index < -0.39 is 0 Å². The molecule has 4 N–H and O–H groups in total. The van der Waals surface area contributed by atoms with Gasteiger partial charge in [0, 0.05) is 12.5 Å². The molecule has 1 aromatic carbocycles. The van der Waals surface area contributed by atoms with Crippen LogP contribution in [0, 0.1) is 11.8 Å². The fourth-order valence-corrected chi connectivity index (χ4v) is 2.80. The SMILES string of the molecule is Cl.NCC1CCC(C(=O)NCCc2ccc(O)cc2)CC1. The minimum atomic E-state index is 0. The van der Waals surface area contributed by atoms with Crippen molar-refractivity contribution >= 4 is 18.3 Å². The lowest BCUT2D eigenvalue weighted by Gasteiger charge is -2.26. The molecule has 1 aromatic rings. The Morgan fingerprint density at radius 3 is 2.38 bits per heavy atom. The second kappa shape index (κ2) is 8.90. The molecule has 1 fully saturated rings.